The Morgan fingerprint density at radius 2 is 1.76 bits per heavy atom. The van der Waals surface area contributed by atoms with Gasteiger partial charge in [-0.1, -0.05) is 13.8 Å². The number of H-pyrrole nitrogens is 1. The highest BCUT2D eigenvalue weighted by Gasteiger charge is 2.63. The van der Waals surface area contributed by atoms with Crippen LogP contribution in [0.5, 0.6) is 5.88 Å². The third-order valence-electron chi connectivity index (χ3n) is 11.6. The average Bonchev–Trinajstić information content (AvgIpc) is 3.33. The summed E-state index contributed by atoms with van der Waals surface area (Å²) in [5.74, 6) is 0.924. The van der Waals surface area contributed by atoms with E-state index in [1.54, 1.807) is 0 Å². The average molecular weight is 521 g/mol. The highest BCUT2D eigenvalue weighted by atomic mass is 16.7. The summed E-state index contributed by atoms with van der Waals surface area (Å²) in [4.78, 5) is 11.5. The van der Waals surface area contributed by atoms with Crippen LogP contribution in [0, 0.1) is 34.5 Å². The summed E-state index contributed by atoms with van der Waals surface area (Å²) in [6.45, 7) is 6.70. The first-order valence-electron chi connectivity index (χ1n) is 13.7. The van der Waals surface area contributed by atoms with E-state index < -0.39 is 42.3 Å². The van der Waals surface area contributed by atoms with Gasteiger partial charge >= 0.3 is 5.97 Å². The molecular weight excluding hydrogens is 480 g/mol. The Hall–Kier alpha value is -1.72. The predicted molar refractivity (Wildman–Crippen MR) is 129 cm³/mol. The van der Waals surface area contributed by atoms with Gasteiger partial charge in [-0.3, -0.25) is 5.10 Å². The van der Waals surface area contributed by atoms with Gasteiger partial charge in [0.25, 0.3) is 0 Å². The molecule has 1 aromatic heterocycles. The SMILES string of the molecule is C[C@]12Cc3c(O[C@@H]4O[C@H](C(=O)O)[C@@H](O)[C@H](O)[C@H]4O)n[nH]c3C[C@@H]1CC[C@@H]1[C@@H]2CC[C@@]2(C)[C@H]1CC[C@]2(C)O. The fraction of sp³-hybridized carbons (Fsp3) is 0.852. The van der Waals surface area contributed by atoms with Crippen LogP contribution < -0.4 is 4.74 Å². The van der Waals surface area contributed by atoms with Crippen LogP contribution in [0.3, 0.4) is 0 Å². The van der Waals surface area contributed by atoms with Gasteiger partial charge in [-0.05, 0) is 92.8 Å². The van der Waals surface area contributed by atoms with Crippen molar-refractivity contribution in [2.24, 2.45) is 34.5 Å². The second-order valence-corrected chi connectivity index (χ2v) is 13.1. The second-order valence-electron chi connectivity index (χ2n) is 13.1. The third-order valence-corrected chi connectivity index (χ3v) is 11.6. The quantitative estimate of drug-likeness (QED) is 0.345. The molecule has 1 aromatic rings. The summed E-state index contributed by atoms with van der Waals surface area (Å²) in [5.41, 5.74) is 1.27. The smallest absolute Gasteiger partial charge is 0.335 e. The topological polar surface area (TPSA) is 165 Å². The minimum Gasteiger partial charge on any atom is -0.479 e. The molecule has 1 aliphatic heterocycles. The molecule has 0 bridgehead atoms. The molecule has 0 aromatic carbocycles. The van der Waals surface area contributed by atoms with Crippen LogP contribution in [0.1, 0.15) is 70.6 Å². The molecule has 0 radical (unpaired) electrons. The molecule has 0 amide bonds. The van der Waals surface area contributed by atoms with Crippen LogP contribution in [0.4, 0.5) is 0 Å². The number of aliphatic carboxylic acids is 1. The number of hydrogen-bond donors (Lipinski definition) is 6. The molecule has 2 heterocycles. The van der Waals surface area contributed by atoms with E-state index in [9.17, 15) is 30.3 Å². The van der Waals surface area contributed by atoms with E-state index in [-0.39, 0.29) is 16.7 Å². The van der Waals surface area contributed by atoms with Gasteiger partial charge in [0.05, 0.1) is 5.60 Å². The molecule has 10 nitrogen and oxygen atoms in total. The number of rotatable bonds is 3. The van der Waals surface area contributed by atoms with Crippen LogP contribution in [0.25, 0.3) is 0 Å². The maximum atomic E-state index is 11.5. The van der Waals surface area contributed by atoms with Crippen molar-refractivity contribution >= 4 is 5.97 Å². The first-order chi connectivity index (χ1) is 17.4. The van der Waals surface area contributed by atoms with Crippen molar-refractivity contribution in [3.63, 3.8) is 0 Å². The highest BCUT2D eigenvalue weighted by molar-refractivity contribution is 5.73. The van der Waals surface area contributed by atoms with Gasteiger partial charge in [0.2, 0.25) is 12.2 Å². The summed E-state index contributed by atoms with van der Waals surface area (Å²) in [6, 6.07) is 0. The zero-order chi connectivity index (χ0) is 26.5. The Kier molecular flexibility index (Phi) is 5.79. The van der Waals surface area contributed by atoms with E-state index in [0.29, 0.717) is 23.7 Å². The largest absolute Gasteiger partial charge is 0.479 e. The molecule has 10 heteroatoms. The highest BCUT2D eigenvalue weighted by Crippen LogP contribution is 2.67. The number of aliphatic hydroxyl groups is 4. The molecule has 6 rings (SSSR count). The predicted octanol–water partition coefficient (Wildman–Crippen LogP) is 1.39. The van der Waals surface area contributed by atoms with Gasteiger partial charge in [-0.2, -0.15) is 0 Å². The number of hydrogen-bond acceptors (Lipinski definition) is 8. The molecule has 3 saturated carbocycles. The van der Waals surface area contributed by atoms with E-state index in [1.807, 2.05) is 6.92 Å². The van der Waals surface area contributed by atoms with Crippen LogP contribution >= 0.6 is 0 Å². The monoisotopic (exact) mass is 520 g/mol. The third kappa shape index (κ3) is 3.55. The zero-order valence-corrected chi connectivity index (χ0v) is 21.8. The van der Waals surface area contributed by atoms with Crippen molar-refractivity contribution in [2.75, 3.05) is 0 Å². The summed E-state index contributed by atoms with van der Waals surface area (Å²) in [5, 5.41) is 58.6. The van der Waals surface area contributed by atoms with Crippen molar-refractivity contribution in [2.45, 2.75) is 108 Å². The minimum atomic E-state index is -1.77. The fourth-order valence-corrected chi connectivity index (χ4v) is 9.11. The molecule has 6 N–H and O–H groups in total. The maximum Gasteiger partial charge on any atom is 0.335 e. The fourth-order valence-electron chi connectivity index (χ4n) is 9.11. The van der Waals surface area contributed by atoms with Crippen molar-refractivity contribution in [1.82, 2.24) is 10.2 Å². The molecule has 4 aliphatic carbocycles. The Morgan fingerprint density at radius 3 is 2.49 bits per heavy atom. The summed E-state index contributed by atoms with van der Waals surface area (Å²) < 4.78 is 11.2. The van der Waals surface area contributed by atoms with Crippen molar-refractivity contribution in [1.29, 1.82) is 0 Å². The van der Waals surface area contributed by atoms with E-state index in [1.165, 1.54) is 6.42 Å². The van der Waals surface area contributed by atoms with Crippen LogP contribution in [-0.2, 0) is 22.4 Å². The number of aromatic nitrogens is 2. The number of carboxylic acid groups (broad SMARTS) is 1. The molecule has 0 spiro atoms. The Labute approximate surface area is 216 Å². The maximum absolute atomic E-state index is 11.5. The molecule has 206 valence electrons. The normalized spacial score (nSPS) is 50.9. The number of aromatic amines is 1. The number of carbonyl (C=O) groups is 1. The Balaban J connectivity index is 1.26. The molecular formula is C27H40N2O8. The molecule has 5 aliphatic rings. The number of nitrogens with one attached hydrogen (secondary N) is 1. The molecule has 1 saturated heterocycles. The van der Waals surface area contributed by atoms with Gasteiger partial charge in [-0.15, -0.1) is 5.10 Å². The molecule has 0 unspecified atom stereocenters. The molecule has 4 fully saturated rings. The van der Waals surface area contributed by atoms with Gasteiger partial charge < -0.3 is 35.0 Å². The lowest BCUT2D eigenvalue weighted by Gasteiger charge is -2.60. The number of nitrogens with zero attached hydrogens (tertiary/aromatic N) is 1. The first-order valence-corrected chi connectivity index (χ1v) is 13.7. The van der Waals surface area contributed by atoms with Crippen LogP contribution in [0.2, 0.25) is 0 Å². The number of carboxylic acids is 1. The van der Waals surface area contributed by atoms with Crippen molar-refractivity contribution < 1.29 is 39.8 Å². The van der Waals surface area contributed by atoms with E-state index >= 15 is 0 Å². The minimum absolute atomic E-state index is 0.0268. The van der Waals surface area contributed by atoms with Crippen LogP contribution in [0.15, 0.2) is 0 Å². The van der Waals surface area contributed by atoms with E-state index in [0.717, 1.165) is 56.2 Å². The summed E-state index contributed by atoms with van der Waals surface area (Å²) in [6.07, 6.45) is -0.369. The van der Waals surface area contributed by atoms with Gasteiger partial charge in [0.15, 0.2) is 6.10 Å². The second kappa shape index (κ2) is 8.39. The summed E-state index contributed by atoms with van der Waals surface area (Å²) in [7, 11) is 0. The number of fused-ring (bicyclic) bond motifs is 6. The molecule has 37 heavy (non-hydrogen) atoms. The standard InChI is InChI=1S/C27H40N2O8/c1-25-11-14-17(28-29-22(14)37-24-20(32)18(30)19(31)21(36-24)23(33)34)10-12(25)4-5-13-15(25)6-8-26(2)16(13)7-9-27(26,3)35/h12-13,15-16,18-21,24,30-32,35H,4-11H2,1-3H3,(H,28,29)(H,33,34)/t12-,13+,15-,16-,18-,19-,20+,21-,24-,25-,26-,27-/m0/s1. The lowest BCUT2D eigenvalue weighted by atomic mass is 9.44. The number of ether oxygens (including phenoxy) is 2. The lowest BCUT2D eigenvalue weighted by Crippen LogP contribution is -2.61. The van der Waals surface area contributed by atoms with E-state index in [4.69, 9.17) is 9.47 Å². The van der Waals surface area contributed by atoms with Gasteiger partial charge in [0.1, 0.15) is 18.3 Å². The molecule has 12 atom stereocenters. The van der Waals surface area contributed by atoms with Gasteiger partial charge in [-0.25, -0.2) is 4.79 Å². The Morgan fingerprint density at radius 1 is 1.03 bits per heavy atom. The lowest BCUT2D eigenvalue weighted by molar-refractivity contribution is -0.271. The van der Waals surface area contributed by atoms with Crippen LogP contribution in [-0.4, -0.2) is 78.0 Å². The van der Waals surface area contributed by atoms with Crippen molar-refractivity contribution in [3.05, 3.63) is 11.3 Å². The first kappa shape index (κ1) is 25.6. The Bertz CT molecular complexity index is 1070. The van der Waals surface area contributed by atoms with Gasteiger partial charge in [0, 0.05) is 11.3 Å². The van der Waals surface area contributed by atoms with Crippen molar-refractivity contribution in [3.8, 4) is 5.88 Å². The summed E-state index contributed by atoms with van der Waals surface area (Å²) >= 11 is 0. The zero-order valence-electron chi connectivity index (χ0n) is 21.8. The van der Waals surface area contributed by atoms with E-state index in [2.05, 4.69) is 24.0 Å². The number of aliphatic hydroxyl groups excluding tert-OH is 3.